The molecular weight excluding hydrogens is 356 g/mol. The lowest BCUT2D eigenvalue weighted by Crippen LogP contribution is -2.44. The van der Waals surface area contributed by atoms with E-state index in [1.165, 1.54) is 16.0 Å². The molecule has 7 heteroatoms. The number of aromatic nitrogens is 2. The number of likely N-dealkylation sites (tertiary alicyclic amines) is 1. The standard InChI is InChI=1S/C21H26N4O3/c1-13-8-9-17(18(11-13)28-2)19-15-6-3-7-16(15)20(24-23-19)22-14-5-4-10-25(12-14)21(26)27/h8-9,11,14H,3-7,10,12H2,1-2H3,(H,22,24)(H,26,27). The summed E-state index contributed by atoms with van der Waals surface area (Å²) in [5.74, 6) is 1.62. The number of fused-ring (bicyclic) bond motifs is 1. The molecule has 0 saturated carbocycles. The van der Waals surface area contributed by atoms with Gasteiger partial charge in [0.25, 0.3) is 0 Å². The summed E-state index contributed by atoms with van der Waals surface area (Å²) < 4.78 is 5.58. The van der Waals surface area contributed by atoms with Crippen LogP contribution in [0.1, 0.15) is 36.0 Å². The highest BCUT2D eigenvalue weighted by Gasteiger charge is 2.27. The fourth-order valence-corrected chi connectivity index (χ4v) is 4.28. The molecule has 28 heavy (non-hydrogen) atoms. The third-order valence-electron chi connectivity index (χ3n) is 5.68. The lowest BCUT2D eigenvalue weighted by molar-refractivity contribution is 0.132. The Balaban J connectivity index is 1.64. The van der Waals surface area contributed by atoms with Crippen molar-refractivity contribution >= 4 is 11.9 Å². The van der Waals surface area contributed by atoms with Crippen molar-refractivity contribution in [2.75, 3.05) is 25.5 Å². The summed E-state index contributed by atoms with van der Waals surface area (Å²) in [5.41, 5.74) is 5.44. The molecule has 1 saturated heterocycles. The lowest BCUT2D eigenvalue weighted by Gasteiger charge is -2.31. The molecule has 1 aromatic heterocycles. The van der Waals surface area contributed by atoms with Gasteiger partial charge in [-0.2, -0.15) is 0 Å². The van der Waals surface area contributed by atoms with Crippen LogP contribution in [-0.4, -0.2) is 52.5 Å². The highest BCUT2D eigenvalue weighted by molar-refractivity contribution is 5.73. The van der Waals surface area contributed by atoms with Crippen molar-refractivity contribution in [2.24, 2.45) is 0 Å². The quantitative estimate of drug-likeness (QED) is 0.841. The van der Waals surface area contributed by atoms with Gasteiger partial charge in [0.1, 0.15) is 11.4 Å². The highest BCUT2D eigenvalue weighted by Crippen LogP contribution is 2.38. The van der Waals surface area contributed by atoms with Gasteiger partial charge in [-0.3, -0.25) is 0 Å². The number of methoxy groups -OCH3 is 1. The van der Waals surface area contributed by atoms with Gasteiger partial charge in [-0.25, -0.2) is 4.79 Å². The van der Waals surface area contributed by atoms with Crippen molar-refractivity contribution in [1.29, 1.82) is 0 Å². The molecule has 0 bridgehead atoms. The molecule has 2 N–H and O–H groups in total. The molecule has 0 spiro atoms. The number of rotatable bonds is 4. The van der Waals surface area contributed by atoms with Crippen LogP contribution in [0.25, 0.3) is 11.3 Å². The van der Waals surface area contributed by atoms with E-state index < -0.39 is 6.09 Å². The fourth-order valence-electron chi connectivity index (χ4n) is 4.28. The summed E-state index contributed by atoms with van der Waals surface area (Å²) in [6, 6.07) is 6.21. The second-order valence-electron chi connectivity index (χ2n) is 7.62. The normalized spacial score (nSPS) is 18.6. The molecule has 1 amide bonds. The van der Waals surface area contributed by atoms with E-state index in [0.29, 0.717) is 13.1 Å². The first-order chi connectivity index (χ1) is 13.6. The average Bonchev–Trinajstić information content (AvgIpc) is 3.19. The molecule has 2 aliphatic rings. The predicted molar refractivity (Wildman–Crippen MR) is 107 cm³/mol. The van der Waals surface area contributed by atoms with Crippen molar-refractivity contribution in [3.05, 3.63) is 34.9 Å². The molecule has 1 fully saturated rings. The number of hydrogen-bond acceptors (Lipinski definition) is 5. The van der Waals surface area contributed by atoms with E-state index in [1.54, 1.807) is 7.11 Å². The number of piperidine rings is 1. The van der Waals surface area contributed by atoms with Crippen molar-refractivity contribution in [1.82, 2.24) is 15.1 Å². The summed E-state index contributed by atoms with van der Waals surface area (Å²) in [6.07, 6.45) is 3.95. The number of benzene rings is 1. The van der Waals surface area contributed by atoms with Crippen LogP contribution in [0.4, 0.5) is 10.6 Å². The Kier molecular flexibility index (Phi) is 5.07. The van der Waals surface area contributed by atoms with Crippen LogP contribution in [-0.2, 0) is 12.8 Å². The van der Waals surface area contributed by atoms with Gasteiger partial charge in [0.15, 0.2) is 5.82 Å². The largest absolute Gasteiger partial charge is 0.496 e. The van der Waals surface area contributed by atoms with Gasteiger partial charge in [0, 0.05) is 30.3 Å². The molecule has 4 rings (SSSR count). The third kappa shape index (κ3) is 3.48. The van der Waals surface area contributed by atoms with Gasteiger partial charge in [-0.1, -0.05) is 6.07 Å². The van der Waals surface area contributed by atoms with E-state index in [1.807, 2.05) is 13.0 Å². The second-order valence-corrected chi connectivity index (χ2v) is 7.62. The van der Waals surface area contributed by atoms with Gasteiger partial charge in [-0.05, 0) is 62.3 Å². The maximum atomic E-state index is 11.3. The molecule has 2 heterocycles. The molecule has 1 aliphatic carbocycles. The van der Waals surface area contributed by atoms with E-state index >= 15 is 0 Å². The van der Waals surface area contributed by atoms with Crippen LogP contribution in [0.5, 0.6) is 5.75 Å². The summed E-state index contributed by atoms with van der Waals surface area (Å²) in [6.45, 7) is 3.13. The minimum atomic E-state index is -0.857. The summed E-state index contributed by atoms with van der Waals surface area (Å²) >= 11 is 0. The number of carboxylic acid groups (broad SMARTS) is 1. The zero-order valence-electron chi connectivity index (χ0n) is 16.4. The zero-order chi connectivity index (χ0) is 19.7. The van der Waals surface area contributed by atoms with Gasteiger partial charge in [0.05, 0.1) is 7.11 Å². The Labute approximate surface area is 164 Å². The fraction of sp³-hybridized carbons (Fsp3) is 0.476. The summed E-state index contributed by atoms with van der Waals surface area (Å²) in [4.78, 5) is 12.8. The van der Waals surface area contributed by atoms with E-state index in [4.69, 9.17) is 4.74 Å². The van der Waals surface area contributed by atoms with Crippen LogP contribution in [0, 0.1) is 6.92 Å². The molecule has 148 valence electrons. The van der Waals surface area contributed by atoms with Crippen LogP contribution in [0.2, 0.25) is 0 Å². The minimum Gasteiger partial charge on any atom is -0.496 e. The maximum Gasteiger partial charge on any atom is 0.407 e. The first kappa shape index (κ1) is 18.5. The monoisotopic (exact) mass is 382 g/mol. The molecule has 1 aliphatic heterocycles. The Morgan fingerprint density at radius 3 is 2.86 bits per heavy atom. The number of aryl methyl sites for hydroxylation is 1. The third-order valence-corrected chi connectivity index (χ3v) is 5.68. The Morgan fingerprint density at radius 1 is 1.25 bits per heavy atom. The number of ether oxygens (including phenoxy) is 1. The molecule has 7 nitrogen and oxygen atoms in total. The highest BCUT2D eigenvalue weighted by atomic mass is 16.5. The SMILES string of the molecule is COc1cc(C)ccc1-c1nnc(NC2CCCN(C(=O)O)C2)c2c1CCC2. The van der Waals surface area contributed by atoms with E-state index in [2.05, 4.69) is 27.6 Å². The molecule has 1 atom stereocenters. The van der Waals surface area contributed by atoms with E-state index in [9.17, 15) is 9.90 Å². The number of carbonyl (C=O) groups is 1. The van der Waals surface area contributed by atoms with Gasteiger partial charge < -0.3 is 20.1 Å². The smallest absolute Gasteiger partial charge is 0.407 e. The number of nitrogens with one attached hydrogen (secondary N) is 1. The maximum absolute atomic E-state index is 11.3. The Morgan fingerprint density at radius 2 is 2.07 bits per heavy atom. The summed E-state index contributed by atoms with van der Waals surface area (Å²) in [7, 11) is 1.68. The van der Waals surface area contributed by atoms with Crippen molar-refractivity contribution in [3.63, 3.8) is 0 Å². The van der Waals surface area contributed by atoms with Gasteiger partial charge in [-0.15, -0.1) is 10.2 Å². The summed E-state index contributed by atoms with van der Waals surface area (Å²) in [5, 5.41) is 21.8. The van der Waals surface area contributed by atoms with Crippen LogP contribution in [0.15, 0.2) is 18.2 Å². The predicted octanol–water partition coefficient (Wildman–Crippen LogP) is 3.50. The lowest BCUT2D eigenvalue weighted by atomic mass is 10.0. The first-order valence-electron chi connectivity index (χ1n) is 9.84. The first-order valence-corrected chi connectivity index (χ1v) is 9.84. The zero-order valence-corrected chi connectivity index (χ0v) is 16.4. The topological polar surface area (TPSA) is 87.6 Å². The molecule has 1 unspecified atom stereocenters. The Bertz CT molecular complexity index is 899. The molecule has 1 aromatic carbocycles. The number of anilines is 1. The molecular formula is C21H26N4O3. The van der Waals surface area contributed by atoms with Crippen LogP contribution < -0.4 is 10.1 Å². The minimum absolute atomic E-state index is 0.0728. The molecule has 0 radical (unpaired) electrons. The van der Waals surface area contributed by atoms with Crippen molar-refractivity contribution in [3.8, 4) is 17.0 Å². The van der Waals surface area contributed by atoms with E-state index in [0.717, 1.165) is 60.5 Å². The van der Waals surface area contributed by atoms with Gasteiger partial charge in [0.2, 0.25) is 0 Å². The van der Waals surface area contributed by atoms with Crippen LogP contribution >= 0.6 is 0 Å². The number of nitrogens with zero attached hydrogens (tertiary/aromatic N) is 3. The van der Waals surface area contributed by atoms with Crippen molar-refractivity contribution in [2.45, 2.75) is 45.1 Å². The van der Waals surface area contributed by atoms with Gasteiger partial charge >= 0.3 is 6.09 Å². The number of amides is 1. The second kappa shape index (κ2) is 7.66. The Hall–Kier alpha value is -2.83. The molecule has 2 aromatic rings. The van der Waals surface area contributed by atoms with Crippen LogP contribution in [0.3, 0.4) is 0 Å². The average molecular weight is 382 g/mol. The number of hydrogen-bond donors (Lipinski definition) is 2. The van der Waals surface area contributed by atoms with Crippen molar-refractivity contribution < 1.29 is 14.6 Å². The van der Waals surface area contributed by atoms with E-state index in [-0.39, 0.29) is 6.04 Å².